The van der Waals surface area contributed by atoms with Gasteiger partial charge in [-0.3, -0.25) is 4.79 Å². The fourth-order valence-corrected chi connectivity index (χ4v) is 1.68. The minimum Gasteiger partial charge on any atom is -0.386 e. The summed E-state index contributed by atoms with van der Waals surface area (Å²) in [4.78, 5) is 11.7. The van der Waals surface area contributed by atoms with Crippen LogP contribution in [0.1, 0.15) is 17.3 Å². The zero-order valence-electron chi connectivity index (χ0n) is 10.2. The minimum absolute atomic E-state index is 0.0267. The summed E-state index contributed by atoms with van der Waals surface area (Å²) in [6.45, 7) is 1.49. The second-order valence-electron chi connectivity index (χ2n) is 4.21. The van der Waals surface area contributed by atoms with Gasteiger partial charge in [0.05, 0.1) is 17.2 Å². The maximum absolute atomic E-state index is 13.4. The molecule has 1 unspecified atom stereocenters. The number of methoxy groups -OCH3 is 1. The molecular weight excluding hydrogens is 261 g/mol. The van der Waals surface area contributed by atoms with E-state index in [-0.39, 0.29) is 23.7 Å². The van der Waals surface area contributed by atoms with Crippen LogP contribution in [0.3, 0.4) is 0 Å². The number of ether oxygens (including phenoxy) is 1. The van der Waals surface area contributed by atoms with Gasteiger partial charge in [-0.15, -0.1) is 0 Å². The van der Waals surface area contributed by atoms with Gasteiger partial charge < -0.3 is 15.2 Å². The number of aliphatic hydroxyl groups is 1. The van der Waals surface area contributed by atoms with Gasteiger partial charge in [-0.25, -0.2) is 4.39 Å². The summed E-state index contributed by atoms with van der Waals surface area (Å²) >= 11 is 5.75. The Bertz CT molecular complexity index is 417. The molecule has 1 aromatic rings. The molecule has 4 nitrogen and oxygen atoms in total. The van der Waals surface area contributed by atoms with Crippen molar-refractivity contribution in [3.8, 4) is 0 Å². The average Bonchev–Trinajstić information content (AvgIpc) is 2.26. The standard InChI is InChI=1S/C12H15ClFNO3/c1-12(17,7-18-2)6-15-11(16)10-8(13)4-3-5-9(10)14/h3-5,17H,6-7H2,1-2H3,(H,15,16). The highest BCUT2D eigenvalue weighted by molar-refractivity contribution is 6.33. The number of carbonyl (C=O) groups excluding carboxylic acids is 1. The maximum atomic E-state index is 13.4. The Morgan fingerprint density at radius 3 is 2.83 bits per heavy atom. The molecule has 1 atom stereocenters. The van der Waals surface area contributed by atoms with Crippen molar-refractivity contribution in [2.75, 3.05) is 20.3 Å². The summed E-state index contributed by atoms with van der Waals surface area (Å²) in [6, 6.07) is 3.98. The first-order valence-electron chi connectivity index (χ1n) is 5.31. The largest absolute Gasteiger partial charge is 0.386 e. The molecule has 0 fully saturated rings. The fraction of sp³-hybridized carbons (Fsp3) is 0.417. The Morgan fingerprint density at radius 1 is 1.61 bits per heavy atom. The van der Waals surface area contributed by atoms with Crippen LogP contribution in [-0.4, -0.2) is 36.9 Å². The first kappa shape index (κ1) is 14.9. The summed E-state index contributed by atoms with van der Waals surface area (Å²) in [6.07, 6.45) is 0. The highest BCUT2D eigenvalue weighted by Crippen LogP contribution is 2.18. The van der Waals surface area contributed by atoms with E-state index in [1.807, 2.05) is 0 Å². The molecule has 2 N–H and O–H groups in total. The summed E-state index contributed by atoms with van der Waals surface area (Å²) in [7, 11) is 1.43. The van der Waals surface area contributed by atoms with Crippen LogP contribution in [0.2, 0.25) is 5.02 Å². The lowest BCUT2D eigenvalue weighted by atomic mass is 10.1. The zero-order valence-corrected chi connectivity index (χ0v) is 10.9. The summed E-state index contributed by atoms with van der Waals surface area (Å²) in [5.74, 6) is -1.37. The fourth-order valence-electron chi connectivity index (χ4n) is 1.44. The van der Waals surface area contributed by atoms with Crippen LogP contribution in [0.4, 0.5) is 4.39 Å². The monoisotopic (exact) mass is 275 g/mol. The van der Waals surface area contributed by atoms with E-state index in [9.17, 15) is 14.3 Å². The van der Waals surface area contributed by atoms with Crippen LogP contribution in [0.5, 0.6) is 0 Å². The van der Waals surface area contributed by atoms with Gasteiger partial charge in [-0.2, -0.15) is 0 Å². The quantitative estimate of drug-likeness (QED) is 0.858. The van der Waals surface area contributed by atoms with Gasteiger partial charge in [0, 0.05) is 13.7 Å². The number of hydrogen-bond donors (Lipinski definition) is 2. The van der Waals surface area contributed by atoms with Gasteiger partial charge in [-0.1, -0.05) is 17.7 Å². The van der Waals surface area contributed by atoms with Gasteiger partial charge in [0.1, 0.15) is 11.4 Å². The van der Waals surface area contributed by atoms with E-state index in [1.165, 1.54) is 26.2 Å². The lowest BCUT2D eigenvalue weighted by molar-refractivity contribution is -0.0147. The topological polar surface area (TPSA) is 58.6 Å². The molecule has 0 radical (unpaired) electrons. The molecule has 0 aliphatic carbocycles. The highest BCUT2D eigenvalue weighted by Gasteiger charge is 2.23. The third kappa shape index (κ3) is 3.94. The second kappa shape index (κ2) is 6.13. The highest BCUT2D eigenvalue weighted by atomic mass is 35.5. The molecule has 18 heavy (non-hydrogen) atoms. The molecule has 0 heterocycles. The molecule has 1 amide bonds. The van der Waals surface area contributed by atoms with Crippen molar-refractivity contribution < 1.29 is 19.0 Å². The van der Waals surface area contributed by atoms with Crippen molar-refractivity contribution in [3.63, 3.8) is 0 Å². The van der Waals surface area contributed by atoms with Gasteiger partial charge in [-0.05, 0) is 19.1 Å². The van der Waals surface area contributed by atoms with E-state index in [1.54, 1.807) is 0 Å². The predicted octanol–water partition coefficient (Wildman–Crippen LogP) is 1.61. The third-order valence-corrected chi connectivity index (χ3v) is 2.59. The number of rotatable bonds is 5. The van der Waals surface area contributed by atoms with Crippen molar-refractivity contribution in [1.29, 1.82) is 0 Å². The first-order valence-corrected chi connectivity index (χ1v) is 5.69. The molecule has 0 spiro atoms. The molecule has 1 rings (SSSR count). The minimum atomic E-state index is -1.22. The van der Waals surface area contributed by atoms with E-state index in [4.69, 9.17) is 16.3 Å². The molecule has 0 saturated carbocycles. The molecule has 100 valence electrons. The molecular formula is C12H15ClFNO3. The van der Waals surface area contributed by atoms with Crippen LogP contribution < -0.4 is 5.32 Å². The van der Waals surface area contributed by atoms with E-state index in [2.05, 4.69) is 5.32 Å². The normalized spacial score (nSPS) is 14.1. The van der Waals surface area contributed by atoms with Gasteiger partial charge >= 0.3 is 0 Å². The Hall–Kier alpha value is -1.17. The van der Waals surface area contributed by atoms with Crippen LogP contribution in [0.15, 0.2) is 18.2 Å². The van der Waals surface area contributed by atoms with E-state index < -0.39 is 17.3 Å². The number of amides is 1. The maximum Gasteiger partial charge on any atom is 0.255 e. The second-order valence-corrected chi connectivity index (χ2v) is 4.62. The average molecular weight is 276 g/mol. The van der Waals surface area contributed by atoms with Crippen LogP contribution in [-0.2, 0) is 4.74 Å². The van der Waals surface area contributed by atoms with Crippen molar-refractivity contribution >= 4 is 17.5 Å². The Labute approximate surface area is 110 Å². The molecule has 0 aromatic heterocycles. The van der Waals surface area contributed by atoms with Crippen LogP contribution >= 0.6 is 11.6 Å². The summed E-state index contributed by atoms with van der Waals surface area (Å²) in [5.41, 5.74) is -1.45. The summed E-state index contributed by atoms with van der Waals surface area (Å²) in [5, 5.41) is 12.2. The number of benzene rings is 1. The van der Waals surface area contributed by atoms with E-state index in [0.717, 1.165) is 6.07 Å². The number of nitrogens with one attached hydrogen (secondary N) is 1. The number of halogens is 2. The van der Waals surface area contributed by atoms with Crippen molar-refractivity contribution in [2.45, 2.75) is 12.5 Å². The predicted molar refractivity (Wildman–Crippen MR) is 66.2 cm³/mol. The Balaban J connectivity index is 2.72. The van der Waals surface area contributed by atoms with Gasteiger partial charge in [0.25, 0.3) is 5.91 Å². The zero-order chi connectivity index (χ0) is 13.8. The molecule has 0 aliphatic rings. The molecule has 0 saturated heterocycles. The van der Waals surface area contributed by atoms with Gasteiger partial charge in [0.2, 0.25) is 0 Å². The van der Waals surface area contributed by atoms with Crippen molar-refractivity contribution in [2.24, 2.45) is 0 Å². The van der Waals surface area contributed by atoms with Crippen LogP contribution in [0, 0.1) is 5.82 Å². The first-order chi connectivity index (χ1) is 8.37. The van der Waals surface area contributed by atoms with Crippen LogP contribution in [0.25, 0.3) is 0 Å². The lowest BCUT2D eigenvalue weighted by Crippen LogP contribution is -2.44. The summed E-state index contributed by atoms with van der Waals surface area (Å²) < 4.78 is 18.2. The third-order valence-electron chi connectivity index (χ3n) is 2.27. The Kier molecular flexibility index (Phi) is 5.07. The van der Waals surface area contributed by atoms with Gasteiger partial charge in [0.15, 0.2) is 0 Å². The lowest BCUT2D eigenvalue weighted by Gasteiger charge is -2.22. The number of hydrogen-bond acceptors (Lipinski definition) is 3. The molecule has 0 bridgehead atoms. The van der Waals surface area contributed by atoms with Crippen molar-refractivity contribution in [1.82, 2.24) is 5.32 Å². The smallest absolute Gasteiger partial charge is 0.255 e. The molecule has 1 aromatic carbocycles. The molecule has 6 heteroatoms. The van der Waals surface area contributed by atoms with E-state index >= 15 is 0 Å². The SMILES string of the molecule is COCC(C)(O)CNC(=O)c1c(F)cccc1Cl. The van der Waals surface area contributed by atoms with E-state index in [0.29, 0.717) is 0 Å². The van der Waals surface area contributed by atoms with Crippen molar-refractivity contribution in [3.05, 3.63) is 34.6 Å². The Morgan fingerprint density at radius 2 is 2.28 bits per heavy atom. The number of carbonyl (C=O) groups is 1. The molecule has 0 aliphatic heterocycles.